The maximum Gasteiger partial charge on any atom is 0.416 e. The van der Waals surface area contributed by atoms with E-state index in [1.807, 2.05) is 0 Å². The molecule has 1 atom stereocenters. The molecule has 0 spiro atoms. The fourth-order valence-corrected chi connectivity index (χ4v) is 2.85. The number of hydrogen-bond donors (Lipinski definition) is 3. The topological polar surface area (TPSA) is 105 Å². The van der Waals surface area contributed by atoms with Gasteiger partial charge in [0.1, 0.15) is 29.0 Å². The van der Waals surface area contributed by atoms with E-state index in [2.05, 4.69) is 15.3 Å². The molecule has 2 aromatic rings. The number of nitrogens with zero attached hydrogens (tertiary/aromatic N) is 2. The van der Waals surface area contributed by atoms with Crippen molar-refractivity contribution in [3.63, 3.8) is 0 Å². The molecule has 0 aliphatic heterocycles. The highest BCUT2D eigenvalue weighted by atomic mass is 19.4. The minimum atomic E-state index is -4.42. The Kier molecular flexibility index (Phi) is 5.23. The molecule has 9 heteroatoms. The van der Waals surface area contributed by atoms with Gasteiger partial charge in [-0.05, 0) is 43.4 Å². The minimum absolute atomic E-state index is 0.0818. The summed E-state index contributed by atoms with van der Waals surface area (Å²) in [6, 6.07) is 5.79. The van der Waals surface area contributed by atoms with Crippen LogP contribution in [0, 0.1) is 22.7 Å². The van der Waals surface area contributed by atoms with Gasteiger partial charge in [0.15, 0.2) is 0 Å². The number of nitriles is 1. The molecule has 146 valence electrons. The maximum absolute atomic E-state index is 12.7. The SMILES string of the molecule is CC(Nc1nc(CC2CC2)[nH]c(=O)c1C(=N)C#N)c1ccc(C(F)(F)F)cc1. The van der Waals surface area contributed by atoms with Crippen LogP contribution in [-0.4, -0.2) is 15.7 Å². The molecule has 0 bridgehead atoms. The minimum Gasteiger partial charge on any atom is -0.363 e. The van der Waals surface area contributed by atoms with Gasteiger partial charge in [0.25, 0.3) is 5.56 Å². The molecule has 3 rings (SSSR count). The highest BCUT2D eigenvalue weighted by Crippen LogP contribution is 2.32. The van der Waals surface area contributed by atoms with Gasteiger partial charge in [-0.15, -0.1) is 0 Å². The van der Waals surface area contributed by atoms with Gasteiger partial charge in [-0.25, -0.2) is 4.98 Å². The Labute approximate surface area is 158 Å². The molecule has 6 nitrogen and oxygen atoms in total. The third-order valence-electron chi connectivity index (χ3n) is 4.60. The van der Waals surface area contributed by atoms with Gasteiger partial charge in [-0.1, -0.05) is 12.1 Å². The number of nitrogens with one attached hydrogen (secondary N) is 3. The van der Waals surface area contributed by atoms with Crippen molar-refractivity contribution < 1.29 is 13.2 Å². The number of benzene rings is 1. The molecule has 28 heavy (non-hydrogen) atoms. The van der Waals surface area contributed by atoms with Crippen molar-refractivity contribution in [2.45, 2.75) is 38.4 Å². The molecule has 1 aliphatic rings. The predicted octanol–water partition coefficient (Wildman–Crippen LogP) is 3.81. The van der Waals surface area contributed by atoms with Gasteiger partial charge in [0.05, 0.1) is 5.56 Å². The molecule has 0 amide bonds. The summed E-state index contributed by atoms with van der Waals surface area (Å²) in [6.07, 6.45) is -1.70. The number of anilines is 1. The van der Waals surface area contributed by atoms with Crippen molar-refractivity contribution in [3.8, 4) is 6.07 Å². The van der Waals surface area contributed by atoms with Gasteiger partial charge < -0.3 is 10.3 Å². The fraction of sp³-hybridized carbons (Fsp3) is 0.368. The molecule has 0 saturated heterocycles. The number of aromatic amines is 1. The van der Waals surface area contributed by atoms with Gasteiger partial charge >= 0.3 is 6.18 Å². The lowest BCUT2D eigenvalue weighted by atomic mass is 10.1. The second kappa shape index (κ2) is 7.46. The highest BCUT2D eigenvalue weighted by molar-refractivity contribution is 6.12. The van der Waals surface area contributed by atoms with E-state index in [4.69, 9.17) is 10.7 Å². The van der Waals surface area contributed by atoms with E-state index >= 15 is 0 Å². The summed E-state index contributed by atoms with van der Waals surface area (Å²) in [6.45, 7) is 1.70. The Bertz CT molecular complexity index is 985. The van der Waals surface area contributed by atoms with Crippen LogP contribution in [0.2, 0.25) is 0 Å². The number of halogens is 3. The van der Waals surface area contributed by atoms with Crippen LogP contribution in [0.25, 0.3) is 0 Å². The summed E-state index contributed by atoms with van der Waals surface area (Å²) >= 11 is 0. The third kappa shape index (κ3) is 4.39. The van der Waals surface area contributed by atoms with Crippen molar-refractivity contribution in [1.29, 1.82) is 10.7 Å². The lowest BCUT2D eigenvalue weighted by Gasteiger charge is -2.18. The molecule has 1 saturated carbocycles. The van der Waals surface area contributed by atoms with Crippen LogP contribution in [-0.2, 0) is 12.6 Å². The standard InChI is InChI=1S/C19H18F3N5O/c1-10(12-4-6-13(7-5-12)19(20,21)22)25-17-16(14(24)9-23)18(28)27-15(26-17)8-11-2-3-11/h4-7,10-11,24H,2-3,8H2,1H3,(H2,25,26,27,28). The summed E-state index contributed by atoms with van der Waals surface area (Å²) in [5.74, 6) is 1.01. The molecule has 1 aliphatic carbocycles. The summed E-state index contributed by atoms with van der Waals surface area (Å²) in [7, 11) is 0. The van der Waals surface area contributed by atoms with Gasteiger partial charge in [0, 0.05) is 12.5 Å². The molecule has 3 N–H and O–H groups in total. The van der Waals surface area contributed by atoms with Crippen molar-refractivity contribution in [3.05, 3.63) is 57.1 Å². The Morgan fingerprint density at radius 3 is 2.57 bits per heavy atom. The molecular formula is C19H18F3N5O. The van der Waals surface area contributed by atoms with E-state index in [9.17, 15) is 18.0 Å². The van der Waals surface area contributed by atoms with Crippen LogP contribution < -0.4 is 10.9 Å². The van der Waals surface area contributed by atoms with Crippen molar-refractivity contribution >= 4 is 11.5 Å². The van der Waals surface area contributed by atoms with E-state index < -0.39 is 29.1 Å². The first-order chi connectivity index (χ1) is 13.2. The Morgan fingerprint density at radius 2 is 2.04 bits per heavy atom. The van der Waals surface area contributed by atoms with Crippen molar-refractivity contribution in [1.82, 2.24) is 9.97 Å². The number of alkyl halides is 3. The van der Waals surface area contributed by atoms with Gasteiger partial charge in [-0.3, -0.25) is 10.2 Å². The zero-order chi connectivity index (χ0) is 20.5. The second-order valence-electron chi connectivity index (χ2n) is 6.86. The normalized spacial score (nSPS) is 15.0. The first-order valence-electron chi connectivity index (χ1n) is 8.75. The first kappa shape index (κ1) is 19.6. The van der Waals surface area contributed by atoms with E-state index in [0.717, 1.165) is 25.0 Å². The van der Waals surface area contributed by atoms with Crippen LogP contribution in [0.5, 0.6) is 0 Å². The van der Waals surface area contributed by atoms with Crippen LogP contribution in [0.3, 0.4) is 0 Å². The van der Waals surface area contributed by atoms with Gasteiger partial charge in [-0.2, -0.15) is 18.4 Å². The van der Waals surface area contributed by atoms with E-state index in [0.29, 0.717) is 23.7 Å². The monoisotopic (exact) mass is 389 g/mol. The Balaban J connectivity index is 1.90. The lowest BCUT2D eigenvalue weighted by molar-refractivity contribution is -0.137. The average molecular weight is 389 g/mol. The smallest absolute Gasteiger partial charge is 0.363 e. The third-order valence-corrected chi connectivity index (χ3v) is 4.60. The largest absolute Gasteiger partial charge is 0.416 e. The van der Waals surface area contributed by atoms with Crippen LogP contribution in [0.15, 0.2) is 29.1 Å². The summed E-state index contributed by atoms with van der Waals surface area (Å²) in [5, 5.41) is 19.7. The molecule has 0 radical (unpaired) electrons. The van der Waals surface area contributed by atoms with Crippen molar-refractivity contribution in [2.75, 3.05) is 5.32 Å². The Hall–Kier alpha value is -3.15. The van der Waals surface area contributed by atoms with Crippen LogP contribution in [0.4, 0.5) is 19.0 Å². The molecule has 1 fully saturated rings. The van der Waals surface area contributed by atoms with Crippen LogP contribution >= 0.6 is 0 Å². The predicted molar refractivity (Wildman–Crippen MR) is 97.2 cm³/mol. The van der Waals surface area contributed by atoms with Crippen LogP contribution in [0.1, 0.15) is 48.3 Å². The lowest BCUT2D eigenvalue weighted by Crippen LogP contribution is -2.24. The summed E-state index contributed by atoms with van der Waals surface area (Å²) in [5.41, 5.74) is -1.50. The quantitative estimate of drug-likeness (QED) is 0.653. The summed E-state index contributed by atoms with van der Waals surface area (Å²) < 4.78 is 38.2. The molecule has 1 aromatic carbocycles. The molecular weight excluding hydrogens is 371 g/mol. The summed E-state index contributed by atoms with van der Waals surface area (Å²) in [4.78, 5) is 19.4. The van der Waals surface area contributed by atoms with Gasteiger partial charge in [0.2, 0.25) is 0 Å². The highest BCUT2D eigenvalue weighted by Gasteiger charge is 2.30. The molecule has 1 heterocycles. The fourth-order valence-electron chi connectivity index (χ4n) is 2.85. The number of rotatable bonds is 6. The number of hydrogen-bond acceptors (Lipinski definition) is 5. The van der Waals surface area contributed by atoms with E-state index in [1.165, 1.54) is 12.1 Å². The zero-order valence-corrected chi connectivity index (χ0v) is 15.0. The first-order valence-corrected chi connectivity index (χ1v) is 8.75. The van der Waals surface area contributed by atoms with Crippen molar-refractivity contribution in [2.24, 2.45) is 5.92 Å². The Morgan fingerprint density at radius 1 is 1.39 bits per heavy atom. The number of aromatic nitrogens is 2. The zero-order valence-electron chi connectivity index (χ0n) is 15.0. The average Bonchev–Trinajstić information content (AvgIpc) is 3.44. The van der Waals surface area contributed by atoms with E-state index in [1.54, 1.807) is 13.0 Å². The second-order valence-corrected chi connectivity index (χ2v) is 6.86. The molecule has 1 aromatic heterocycles. The van der Waals surface area contributed by atoms with E-state index in [-0.39, 0.29) is 11.4 Å². The maximum atomic E-state index is 12.7. The number of H-pyrrole nitrogens is 1. The molecule has 1 unspecified atom stereocenters.